The van der Waals surface area contributed by atoms with Gasteiger partial charge in [0.15, 0.2) is 5.58 Å². The Hall–Kier alpha value is -2.04. The molecule has 0 amide bonds. The number of ether oxygens (including phenoxy) is 1. The van der Waals surface area contributed by atoms with Crippen LogP contribution in [-0.4, -0.2) is 22.3 Å². The molecule has 3 aromatic rings. The second kappa shape index (κ2) is 6.84. The van der Waals surface area contributed by atoms with Crippen LogP contribution in [0.25, 0.3) is 11.0 Å². The van der Waals surface area contributed by atoms with E-state index < -0.39 is 5.60 Å². The van der Waals surface area contributed by atoms with Crippen molar-refractivity contribution < 1.29 is 14.3 Å². The average molecular weight is 386 g/mol. The second-order valence-corrected chi connectivity index (χ2v) is 8.55. The van der Waals surface area contributed by atoms with Crippen molar-refractivity contribution in [2.45, 2.75) is 45.1 Å². The maximum Gasteiger partial charge on any atom is 0.152 e. The number of aliphatic hydroxyl groups is 1. The third kappa shape index (κ3) is 3.69. The Morgan fingerprint density at radius 3 is 2.85 bits per heavy atom. The Morgan fingerprint density at radius 1 is 1.30 bits per heavy atom. The van der Waals surface area contributed by atoms with Gasteiger partial charge in [-0.05, 0) is 56.0 Å². The van der Waals surface area contributed by atoms with Gasteiger partial charge in [-0.15, -0.1) is 0 Å². The third-order valence-electron chi connectivity index (χ3n) is 5.15. The molecule has 3 heterocycles. The van der Waals surface area contributed by atoms with Crippen LogP contribution in [0.2, 0.25) is 5.02 Å². The Bertz CT molecular complexity index is 940. The summed E-state index contributed by atoms with van der Waals surface area (Å²) in [5, 5.41) is 12.1. The number of hydrogen-bond acceptors (Lipinski definition) is 4. The van der Waals surface area contributed by atoms with Crippen LogP contribution in [0.15, 0.2) is 41.1 Å². The van der Waals surface area contributed by atoms with Crippen molar-refractivity contribution in [3.8, 4) is 5.75 Å². The van der Waals surface area contributed by atoms with Crippen LogP contribution in [0.5, 0.6) is 5.75 Å². The first-order valence-corrected chi connectivity index (χ1v) is 9.70. The van der Waals surface area contributed by atoms with Gasteiger partial charge in [0.2, 0.25) is 0 Å². The Morgan fingerprint density at radius 2 is 2.11 bits per heavy atom. The van der Waals surface area contributed by atoms with Crippen LogP contribution in [0.4, 0.5) is 0 Å². The first kappa shape index (κ1) is 18.3. The molecule has 0 saturated heterocycles. The quantitative estimate of drug-likeness (QED) is 0.643. The topological polar surface area (TPSA) is 55.5 Å². The zero-order valence-electron chi connectivity index (χ0n) is 15.8. The van der Waals surface area contributed by atoms with E-state index >= 15 is 0 Å². The lowest BCUT2D eigenvalue weighted by Crippen LogP contribution is -2.25. The van der Waals surface area contributed by atoms with Crippen molar-refractivity contribution in [3.63, 3.8) is 0 Å². The van der Waals surface area contributed by atoms with E-state index in [1.165, 1.54) is 0 Å². The molecule has 2 aromatic heterocycles. The SMILES string of the molecule is CC(CC(C)(C)O)C(c1cc2ccncc2o1)c1cc(Cl)cc2c1OCC2. The lowest BCUT2D eigenvalue weighted by Gasteiger charge is -2.29. The summed E-state index contributed by atoms with van der Waals surface area (Å²) >= 11 is 6.43. The Kier molecular flexibility index (Phi) is 4.65. The van der Waals surface area contributed by atoms with E-state index in [0.717, 1.165) is 40.0 Å². The van der Waals surface area contributed by atoms with E-state index in [9.17, 15) is 5.11 Å². The summed E-state index contributed by atoms with van der Waals surface area (Å²) in [5.74, 6) is 1.79. The summed E-state index contributed by atoms with van der Waals surface area (Å²) in [6, 6.07) is 7.96. The van der Waals surface area contributed by atoms with Crippen LogP contribution in [0, 0.1) is 5.92 Å². The average Bonchev–Trinajstić information content (AvgIpc) is 3.19. The number of pyridine rings is 1. The summed E-state index contributed by atoms with van der Waals surface area (Å²) in [7, 11) is 0. The summed E-state index contributed by atoms with van der Waals surface area (Å²) < 4.78 is 12.1. The van der Waals surface area contributed by atoms with Crippen molar-refractivity contribution >= 4 is 22.6 Å². The fourth-order valence-corrected chi connectivity index (χ4v) is 4.48. The predicted octanol–water partition coefficient (Wildman–Crippen LogP) is 5.35. The first-order chi connectivity index (χ1) is 12.8. The molecule has 1 aliphatic rings. The van der Waals surface area contributed by atoms with Gasteiger partial charge in [-0.25, -0.2) is 0 Å². The minimum absolute atomic E-state index is 0.0747. The normalized spacial score (nSPS) is 16.2. The maximum atomic E-state index is 10.4. The van der Waals surface area contributed by atoms with Gasteiger partial charge in [0.1, 0.15) is 11.5 Å². The maximum absolute atomic E-state index is 10.4. The number of benzene rings is 1. The highest BCUT2D eigenvalue weighted by atomic mass is 35.5. The van der Waals surface area contributed by atoms with E-state index in [-0.39, 0.29) is 11.8 Å². The molecule has 2 atom stereocenters. The van der Waals surface area contributed by atoms with E-state index in [4.69, 9.17) is 20.8 Å². The summed E-state index contributed by atoms with van der Waals surface area (Å²) in [6.07, 6.45) is 4.97. The molecule has 142 valence electrons. The van der Waals surface area contributed by atoms with Gasteiger partial charge < -0.3 is 14.3 Å². The minimum Gasteiger partial charge on any atom is -0.493 e. The summed E-state index contributed by atoms with van der Waals surface area (Å²) in [5.41, 5.74) is 2.13. The van der Waals surface area contributed by atoms with Crippen molar-refractivity contribution in [1.82, 2.24) is 4.98 Å². The predicted molar refractivity (Wildman–Crippen MR) is 107 cm³/mol. The van der Waals surface area contributed by atoms with Gasteiger partial charge in [-0.1, -0.05) is 18.5 Å². The lowest BCUT2D eigenvalue weighted by atomic mass is 9.79. The standard InChI is InChI=1S/C22H24ClNO3/c1-13(11-22(2,3)25)20(18-9-14-4-6-24-12-19(14)27-18)17-10-16(23)8-15-5-7-26-21(15)17/h4,6,8-10,12-13,20,25H,5,7,11H2,1-3H3. The van der Waals surface area contributed by atoms with E-state index in [1.807, 2.05) is 32.0 Å². The summed E-state index contributed by atoms with van der Waals surface area (Å²) in [6.45, 7) is 6.47. The highest BCUT2D eigenvalue weighted by Gasteiger charge is 2.33. The fourth-order valence-electron chi connectivity index (χ4n) is 4.23. The molecular weight excluding hydrogens is 362 g/mol. The van der Waals surface area contributed by atoms with Gasteiger partial charge in [0.25, 0.3) is 0 Å². The number of aromatic nitrogens is 1. The number of nitrogens with zero attached hydrogens (tertiary/aromatic N) is 1. The smallest absolute Gasteiger partial charge is 0.152 e. The molecule has 0 saturated carbocycles. The second-order valence-electron chi connectivity index (χ2n) is 8.12. The number of fused-ring (bicyclic) bond motifs is 2. The molecule has 0 radical (unpaired) electrons. The van der Waals surface area contributed by atoms with E-state index in [1.54, 1.807) is 12.4 Å². The lowest BCUT2D eigenvalue weighted by molar-refractivity contribution is 0.0517. The van der Waals surface area contributed by atoms with E-state index in [0.29, 0.717) is 18.1 Å². The molecule has 0 spiro atoms. The van der Waals surface area contributed by atoms with Gasteiger partial charge in [0.05, 0.1) is 18.4 Å². The molecule has 5 heteroatoms. The van der Waals surface area contributed by atoms with Crippen LogP contribution >= 0.6 is 11.6 Å². The molecule has 2 unspecified atom stereocenters. The number of rotatable bonds is 5. The van der Waals surface area contributed by atoms with Gasteiger partial charge in [0, 0.05) is 34.5 Å². The number of halogens is 1. The van der Waals surface area contributed by atoms with Gasteiger partial charge >= 0.3 is 0 Å². The highest BCUT2D eigenvalue weighted by Crippen LogP contribution is 2.45. The van der Waals surface area contributed by atoms with E-state index in [2.05, 4.69) is 18.0 Å². The van der Waals surface area contributed by atoms with Crippen molar-refractivity contribution in [2.24, 2.45) is 5.92 Å². The van der Waals surface area contributed by atoms with Crippen LogP contribution in [0.1, 0.15) is 50.0 Å². The van der Waals surface area contributed by atoms with Crippen LogP contribution in [0.3, 0.4) is 0 Å². The number of furan rings is 1. The Labute approximate surface area is 164 Å². The molecule has 27 heavy (non-hydrogen) atoms. The monoisotopic (exact) mass is 385 g/mol. The zero-order valence-corrected chi connectivity index (χ0v) is 16.6. The first-order valence-electron chi connectivity index (χ1n) is 9.33. The van der Waals surface area contributed by atoms with Gasteiger partial charge in [-0.2, -0.15) is 0 Å². The molecule has 1 aromatic carbocycles. The molecule has 1 aliphatic heterocycles. The third-order valence-corrected chi connectivity index (χ3v) is 5.37. The minimum atomic E-state index is -0.784. The van der Waals surface area contributed by atoms with Crippen molar-refractivity contribution in [3.05, 3.63) is 58.6 Å². The molecular formula is C22H24ClNO3. The molecule has 0 fully saturated rings. The zero-order chi connectivity index (χ0) is 19.2. The van der Waals surface area contributed by atoms with Crippen molar-refractivity contribution in [1.29, 1.82) is 0 Å². The molecule has 4 nitrogen and oxygen atoms in total. The van der Waals surface area contributed by atoms with Crippen LogP contribution in [-0.2, 0) is 6.42 Å². The largest absolute Gasteiger partial charge is 0.493 e. The fraction of sp³-hybridized carbons (Fsp3) is 0.409. The number of hydrogen-bond donors (Lipinski definition) is 1. The molecule has 0 bridgehead atoms. The molecule has 4 rings (SSSR count). The van der Waals surface area contributed by atoms with Crippen molar-refractivity contribution in [2.75, 3.05) is 6.61 Å². The Balaban J connectivity index is 1.86. The highest BCUT2D eigenvalue weighted by molar-refractivity contribution is 6.30. The molecule has 1 N–H and O–H groups in total. The molecule has 0 aliphatic carbocycles. The summed E-state index contributed by atoms with van der Waals surface area (Å²) in [4.78, 5) is 4.15. The van der Waals surface area contributed by atoms with Crippen LogP contribution < -0.4 is 4.74 Å². The van der Waals surface area contributed by atoms with Gasteiger partial charge in [-0.3, -0.25) is 4.98 Å².